The number of aliphatic hydroxyl groups is 1. The Kier molecular flexibility index (Phi) is 3.79. The first-order chi connectivity index (χ1) is 7.66. The molecule has 16 heavy (non-hydrogen) atoms. The van der Waals surface area contributed by atoms with Gasteiger partial charge in [-0.1, -0.05) is 23.7 Å². The maximum absolute atomic E-state index is 13.6. The zero-order chi connectivity index (χ0) is 11.5. The van der Waals surface area contributed by atoms with Gasteiger partial charge in [0.1, 0.15) is 5.82 Å². The molecule has 2 rings (SSSR count). The fraction of sp³-hybridized carbons (Fsp3) is 0.500. The number of rotatable bonds is 2. The highest BCUT2D eigenvalue weighted by Crippen LogP contribution is 2.20. The standard InChI is InChI=1S/C12H15ClFNO/c13-11-5-1-3-9(12(11)14)7-15-6-2-4-10(16)8-15/h1,3,5,10,16H,2,4,6-8H2/t10-/m0/s1. The number of nitrogens with zero attached hydrogens (tertiary/aromatic N) is 1. The molecular weight excluding hydrogens is 229 g/mol. The molecule has 2 nitrogen and oxygen atoms in total. The number of hydrogen-bond donors (Lipinski definition) is 1. The number of halogens is 2. The molecule has 88 valence electrons. The SMILES string of the molecule is O[C@H]1CCCN(Cc2cccc(Cl)c2F)C1. The van der Waals surface area contributed by atoms with E-state index in [4.69, 9.17) is 11.6 Å². The lowest BCUT2D eigenvalue weighted by Gasteiger charge is -2.30. The molecular formula is C12H15ClFNO. The lowest BCUT2D eigenvalue weighted by Crippen LogP contribution is -2.37. The van der Waals surface area contributed by atoms with Crippen LogP contribution in [0.4, 0.5) is 4.39 Å². The van der Waals surface area contributed by atoms with E-state index in [1.807, 2.05) is 0 Å². The molecule has 0 saturated carbocycles. The van der Waals surface area contributed by atoms with Gasteiger partial charge in [0.2, 0.25) is 0 Å². The van der Waals surface area contributed by atoms with Crippen LogP contribution in [0.25, 0.3) is 0 Å². The molecule has 1 heterocycles. The molecule has 1 aromatic rings. The van der Waals surface area contributed by atoms with E-state index in [0.717, 1.165) is 19.4 Å². The van der Waals surface area contributed by atoms with Crippen LogP contribution in [0.1, 0.15) is 18.4 Å². The van der Waals surface area contributed by atoms with E-state index in [1.54, 1.807) is 18.2 Å². The molecule has 1 aromatic carbocycles. The van der Waals surface area contributed by atoms with Gasteiger partial charge < -0.3 is 5.11 Å². The summed E-state index contributed by atoms with van der Waals surface area (Å²) in [4.78, 5) is 2.06. The molecule has 4 heteroatoms. The Morgan fingerprint density at radius 3 is 3.06 bits per heavy atom. The monoisotopic (exact) mass is 243 g/mol. The van der Waals surface area contributed by atoms with Crippen molar-refractivity contribution in [3.05, 3.63) is 34.6 Å². The fourth-order valence-corrected chi connectivity index (χ4v) is 2.28. The van der Waals surface area contributed by atoms with Crippen molar-refractivity contribution in [2.24, 2.45) is 0 Å². The van der Waals surface area contributed by atoms with Crippen molar-refractivity contribution in [3.63, 3.8) is 0 Å². The Labute approximate surface area is 99.6 Å². The van der Waals surface area contributed by atoms with E-state index in [2.05, 4.69) is 4.90 Å². The summed E-state index contributed by atoms with van der Waals surface area (Å²) in [5.74, 6) is -0.343. The van der Waals surface area contributed by atoms with Crippen LogP contribution in [0.15, 0.2) is 18.2 Å². The minimum atomic E-state index is -0.343. The van der Waals surface area contributed by atoms with Crippen molar-refractivity contribution in [3.8, 4) is 0 Å². The first-order valence-electron chi connectivity index (χ1n) is 5.50. The quantitative estimate of drug-likeness (QED) is 0.863. The van der Waals surface area contributed by atoms with E-state index in [1.165, 1.54) is 0 Å². The van der Waals surface area contributed by atoms with E-state index in [9.17, 15) is 9.50 Å². The summed E-state index contributed by atoms with van der Waals surface area (Å²) in [6.45, 7) is 2.04. The molecule has 1 atom stereocenters. The van der Waals surface area contributed by atoms with Crippen LogP contribution in [-0.4, -0.2) is 29.2 Å². The highest BCUT2D eigenvalue weighted by Gasteiger charge is 2.19. The molecule has 0 aliphatic carbocycles. The van der Waals surface area contributed by atoms with Gasteiger partial charge in [0.15, 0.2) is 0 Å². The predicted octanol–water partition coefficient (Wildman–Crippen LogP) is 2.44. The first kappa shape index (κ1) is 11.8. The Balaban J connectivity index is 2.05. The summed E-state index contributed by atoms with van der Waals surface area (Å²) in [6, 6.07) is 5.04. The van der Waals surface area contributed by atoms with Crippen molar-refractivity contribution in [2.75, 3.05) is 13.1 Å². The number of aliphatic hydroxyl groups excluding tert-OH is 1. The van der Waals surface area contributed by atoms with Gasteiger partial charge in [-0.2, -0.15) is 0 Å². The van der Waals surface area contributed by atoms with E-state index < -0.39 is 0 Å². The van der Waals surface area contributed by atoms with Crippen LogP contribution < -0.4 is 0 Å². The molecule has 0 amide bonds. The topological polar surface area (TPSA) is 23.5 Å². The highest BCUT2D eigenvalue weighted by atomic mass is 35.5. The van der Waals surface area contributed by atoms with Crippen LogP contribution in [0.5, 0.6) is 0 Å². The average molecular weight is 244 g/mol. The van der Waals surface area contributed by atoms with Crippen molar-refractivity contribution in [1.29, 1.82) is 0 Å². The van der Waals surface area contributed by atoms with Gasteiger partial charge in [0, 0.05) is 18.7 Å². The third kappa shape index (κ3) is 2.73. The van der Waals surface area contributed by atoms with Gasteiger partial charge in [-0.05, 0) is 25.5 Å². The number of piperidine rings is 1. The predicted molar refractivity (Wildman–Crippen MR) is 61.9 cm³/mol. The summed E-state index contributed by atoms with van der Waals surface area (Å²) < 4.78 is 13.6. The smallest absolute Gasteiger partial charge is 0.146 e. The molecule has 0 aromatic heterocycles. The van der Waals surface area contributed by atoms with E-state index >= 15 is 0 Å². The van der Waals surface area contributed by atoms with Crippen molar-refractivity contribution in [1.82, 2.24) is 4.90 Å². The molecule has 0 unspecified atom stereocenters. The Bertz CT molecular complexity index is 372. The summed E-state index contributed by atoms with van der Waals surface area (Å²) in [5.41, 5.74) is 0.599. The van der Waals surface area contributed by atoms with E-state index in [-0.39, 0.29) is 16.9 Å². The van der Waals surface area contributed by atoms with Crippen molar-refractivity contribution in [2.45, 2.75) is 25.5 Å². The van der Waals surface area contributed by atoms with Gasteiger partial charge in [-0.15, -0.1) is 0 Å². The molecule has 1 aliphatic heterocycles. The fourth-order valence-electron chi connectivity index (χ4n) is 2.09. The minimum absolute atomic E-state index is 0.162. The number of hydrogen-bond acceptors (Lipinski definition) is 2. The number of benzene rings is 1. The third-order valence-corrected chi connectivity index (χ3v) is 3.20. The van der Waals surface area contributed by atoms with Gasteiger partial charge >= 0.3 is 0 Å². The summed E-state index contributed by atoms with van der Waals surface area (Å²) in [7, 11) is 0. The van der Waals surface area contributed by atoms with Crippen LogP contribution in [0.2, 0.25) is 5.02 Å². The molecule has 0 bridgehead atoms. The lowest BCUT2D eigenvalue weighted by molar-refractivity contribution is 0.0663. The third-order valence-electron chi connectivity index (χ3n) is 2.91. The Morgan fingerprint density at radius 2 is 2.31 bits per heavy atom. The van der Waals surface area contributed by atoms with Crippen LogP contribution >= 0.6 is 11.6 Å². The zero-order valence-electron chi connectivity index (χ0n) is 9.00. The summed E-state index contributed by atoms with van der Waals surface area (Å²) in [5, 5.41) is 9.68. The maximum Gasteiger partial charge on any atom is 0.146 e. The van der Waals surface area contributed by atoms with Gasteiger partial charge in [-0.3, -0.25) is 4.90 Å². The zero-order valence-corrected chi connectivity index (χ0v) is 9.75. The molecule has 1 fully saturated rings. The second-order valence-electron chi connectivity index (χ2n) is 4.24. The molecule has 1 N–H and O–H groups in total. The molecule has 0 radical (unpaired) electrons. The minimum Gasteiger partial charge on any atom is -0.392 e. The number of likely N-dealkylation sites (tertiary alicyclic amines) is 1. The molecule has 1 saturated heterocycles. The molecule has 0 spiro atoms. The average Bonchev–Trinajstić information content (AvgIpc) is 2.25. The largest absolute Gasteiger partial charge is 0.392 e. The van der Waals surface area contributed by atoms with Gasteiger partial charge in [0.05, 0.1) is 11.1 Å². The highest BCUT2D eigenvalue weighted by molar-refractivity contribution is 6.30. The summed E-state index contributed by atoms with van der Waals surface area (Å²) in [6.07, 6.45) is 1.52. The van der Waals surface area contributed by atoms with E-state index in [0.29, 0.717) is 18.7 Å². The maximum atomic E-state index is 13.6. The second kappa shape index (κ2) is 5.13. The summed E-state index contributed by atoms with van der Waals surface area (Å²) >= 11 is 5.72. The number of β-amino-alcohol motifs (C(OH)–C–C–N with tert-alkyl or cyclic N) is 1. The first-order valence-corrected chi connectivity index (χ1v) is 5.88. The van der Waals surface area contributed by atoms with Crippen LogP contribution in [0, 0.1) is 5.82 Å². The Morgan fingerprint density at radius 1 is 1.50 bits per heavy atom. The van der Waals surface area contributed by atoms with Gasteiger partial charge in [0.25, 0.3) is 0 Å². The lowest BCUT2D eigenvalue weighted by atomic mass is 10.1. The van der Waals surface area contributed by atoms with Crippen molar-refractivity contribution < 1.29 is 9.50 Å². The van der Waals surface area contributed by atoms with Gasteiger partial charge in [-0.25, -0.2) is 4.39 Å². The normalized spacial score (nSPS) is 22.3. The Hall–Kier alpha value is -0.640. The van der Waals surface area contributed by atoms with Crippen molar-refractivity contribution >= 4 is 11.6 Å². The van der Waals surface area contributed by atoms with Crippen LogP contribution in [-0.2, 0) is 6.54 Å². The van der Waals surface area contributed by atoms with Crippen LogP contribution in [0.3, 0.4) is 0 Å². The molecule has 1 aliphatic rings. The second-order valence-corrected chi connectivity index (χ2v) is 4.65.